The standard InChI is InChI=1S/C11H25NO3S/c1-5-14-11(15-6-2)7-8-12-10(3)9-16(4)13/h10-12H,5-9H2,1-4H3. The monoisotopic (exact) mass is 251 g/mol. The van der Waals surface area contributed by atoms with Crippen molar-refractivity contribution in [1.29, 1.82) is 0 Å². The van der Waals surface area contributed by atoms with Crippen molar-refractivity contribution in [3.05, 3.63) is 0 Å². The Balaban J connectivity index is 3.63. The molecule has 0 aromatic heterocycles. The van der Waals surface area contributed by atoms with Crippen molar-refractivity contribution in [1.82, 2.24) is 5.32 Å². The number of rotatable bonds is 10. The van der Waals surface area contributed by atoms with E-state index in [1.807, 2.05) is 20.8 Å². The van der Waals surface area contributed by atoms with Crippen LogP contribution in [-0.2, 0) is 20.3 Å². The number of nitrogens with one attached hydrogen (secondary N) is 1. The molecule has 16 heavy (non-hydrogen) atoms. The molecule has 1 N–H and O–H groups in total. The summed E-state index contributed by atoms with van der Waals surface area (Å²) < 4.78 is 21.8. The quantitative estimate of drug-likeness (QED) is 0.591. The molecule has 0 rings (SSSR count). The summed E-state index contributed by atoms with van der Waals surface area (Å²) in [6.45, 7) is 8.11. The second-order valence-corrected chi connectivity index (χ2v) is 5.20. The van der Waals surface area contributed by atoms with Gasteiger partial charge in [-0.2, -0.15) is 0 Å². The maximum absolute atomic E-state index is 11.0. The summed E-state index contributed by atoms with van der Waals surface area (Å²) in [5, 5.41) is 3.31. The zero-order chi connectivity index (χ0) is 12.4. The van der Waals surface area contributed by atoms with Gasteiger partial charge in [0.05, 0.1) is 0 Å². The van der Waals surface area contributed by atoms with E-state index in [0.29, 0.717) is 19.0 Å². The summed E-state index contributed by atoms with van der Waals surface area (Å²) in [6.07, 6.45) is 2.42. The lowest BCUT2D eigenvalue weighted by Gasteiger charge is -2.18. The van der Waals surface area contributed by atoms with Crippen LogP contribution in [0.15, 0.2) is 0 Å². The van der Waals surface area contributed by atoms with Gasteiger partial charge in [0.1, 0.15) is 0 Å². The highest BCUT2D eigenvalue weighted by Crippen LogP contribution is 2.00. The van der Waals surface area contributed by atoms with Crippen LogP contribution in [0.25, 0.3) is 0 Å². The molecule has 2 unspecified atom stereocenters. The normalized spacial score (nSPS) is 15.3. The molecule has 0 aromatic carbocycles. The van der Waals surface area contributed by atoms with Gasteiger partial charge in [0.2, 0.25) is 0 Å². The van der Waals surface area contributed by atoms with E-state index in [-0.39, 0.29) is 12.3 Å². The van der Waals surface area contributed by atoms with Crippen molar-refractivity contribution in [3.8, 4) is 0 Å². The van der Waals surface area contributed by atoms with E-state index in [1.165, 1.54) is 0 Å². The molecule has 0 fully saturated rings. The highest BCUT2D eigenvalue weighted by molar-refractivity contribution is 7.84. The number of hydrogen-bond acceptors (Lipinski definition) is 4. The third kappa shape index (κ3) is 9.27. The highest BCUT2D eigenvalue weighted by atomic mass is 32.2. The van der Waals surface area contributed by atoms with E-state index in [0.717, 1.165) is 13.0 Å². The fourth-order valence-electron chi connectivity index (χ4n) is 1.45. The SMILES string of the molecule is CCOC(CCNC(C)CS(C)=O)OCC. The third-order valence-corrected chi connectivity index (χ3v) is 3.03. The maximum Gasteiger partial charge on any atom is 0.158 e. The van der Waals surface area contributed by atoms with E-state index in [4.69, 9.17) is 9.47 Å². The van der Waals surface area contributed by atoms with E-state index in [1.54, 1.807) is 6.26 Å². The van der Waals surface area contributed by atoms with Crippen molar-refractivity contribution < 1.29 is 13.7 Å². The van der Waals surface area contributed by atoms with Crippen molar-refractivity contribution >= 4 is 10.8 Å². The molecule has 0 saturated heterocycles. The summed E-state index contributed by atoms with van der Waals surface area (Å²) in [5.41, 5.74) is 0. The van der Waals surface area contributed by atoms with Gasteiger partial charge in [-0.15, -0.1) is 0 Å². The van der Waals surface area contributed by atoms with Gasteiger partial charge in [0.25, 0.3) is 0 Å². The Bertz CT molecular complexity index is 184. The lowest BCUT2D eigenvalue weighted by atomic mass is 10.3. The first-order valence-electron chi connectivity index (χ1n) is 5.86. The smallest absolute Gasteiger partial charge is 0.158 e. The molecule has 5 heteroatoms. The van der Waals surface area contributed by atoms with E-state index >= 15 is 0 Å². The first-order chi connectivity index (χ1) is 7.60. The molecule has 0 aliphatic heterocycles. The molecule has 0 heterocycles. The molecule has 0 aliphatic carbocycles. The molecule has 0 amide bonds. The Morgan fingerprint density at radius 2 is 1.81 bits per heavy atom. The zero-order valence-corrected chi connectivity index (χ0v) is 11.6. The van der Waals surface area contributed by atoms with Crippen LogP contribution < -0.4 is 5.32 Å². The molecule has 2 atom stereocenters. The van der Waals surface area contributed by atoms with Gasteiger partial charge in [-0.25, -0.2) is 0 Å². The molecule has 98 valence electrons. The van der Waals surface area contributed by atoms with Crippen LogP contribution in [0, 0.1) is 0 Å². The molecule has 0 spiro atoms. The van der Waals surface area contributed by atoms with Crippen LogP contribution in [-0.4, -0.2) is 48.3 Å². The molecule has 0 aromatic rings. The summed E-state index contributed by atoms with van der Waals surface area (Å²) in [6, 6.07) is 0.273. The van der Waals surface area contributed by atoms with Crippen molar-refractivity contribution in [3.63, 3.8) is 0 Å². The summed E-state index contributed by atoms with van der Waals surface area (Å²) in [7, 11) is -0.742. The third-order valence-electron chi connectivity index (χ3n) is 2.06. The van der Waals surface area contributed by atoms with Crippen LogP contribution in [0.5, 0.6) is 0 Å². The summed E-state index contributed by atoms with van der Waals surface area (Å²) in [4.78, 5) is 0. The van der Waals surface area contributed by atoms with Crippen LogP contribution in [0.4, 0.5) is 0 Å². The Morgan fingerprint density at radius 1 is 1.25 bits per heavy atom. The average molecular weight is 251 g/mol. The van der Waals surface area contributed by atoms with Crippen LogP contribution in [0.1, 0.15) is 27.2 Å². The first kappa shape index (κ1) is 16.0. The van der Waals surface area contributed by atoms with Crippen molar-refractivity contribution in [2.24, 2.45) is 0 Å². The topological polar surface area (TPSA) is 47.6 Å². The van der Waals surface area contributed by atoms with Gasteiger partial charge < -0.3 is 14.8 Å². The minimum absolute atomic E-state index is 0.123. The second kappa shape index (κ2) is 10.2. The molecule has 4 nitrogen and oxygen atoms in total. The zero-order valence-electron chi connectivity index (χ0n) is 10.8. The largest absolute Gasteiger partial charge is 0.353 e. The molecule has 0 aliphatic rings. The summed E-state index contributed by atoms with van der Waals surface area (Å²) >= 11 is 0. The molecule has 0 radical (unpaired) electrons. The average Bonchev–Trinajstić information content (AvgIpc) is 2.17. The molecule has 0 saturated carbocycles. The fourth-order valence-corrected chi connectivity index (χ4v) is 2.27. The Labute approximate surface area is 102 Å². The lowest BCUT2D eigenvalue weighted by molar-refractivity contribution is -0.138. The van der Waals surface area contributed by atoms with Gasteiger partial charge in [0.15, 0.2) is 6.29 Å². The first-order valence-corrected chi connectivity index (χ1v) is 7.59. The van der Waals surface area contributed by atoms with Crippen LogP contribution in [0.2, 0.25) is 0 Å². The fraction of sp³-hybridized carbons (Fsp3) is 1.00. The molecular formula is C11H25NO3S. The Hall–Kier alpha value is 0.0300. The number of ether oxygens (including phenoxy) is 2. The second-order valence-electron chi connectivity index (χ2n) is 3.72. The van der Waals surface area contributed by atoms with E-state index in [9.17, 15) is 4.21 Å². The predicted octanol–water partition coefficient (Wildman–Crippen LogP) is 1.13. The van der Waals surface area contributed by atoms with Gasteiger partial charge in [-0.1, -0.05) is 0 Å². The highest BCUT2D eigenvalue weighted by Gasteiger charge is 2.09. The van der Waals surface area contributed by atoms with Crippen molar-refractivity contribution in [2.45, 2.75) is 39.5 Å². The van der Waals surface area contributed by atoms with E-state index in [2.05, 4.69) is 5.32 Å². The Kier molecular flexibility index (Phi) is 10.2. The van der Waals surface area contributed by atoms with E-state index < -0.39 is 10.8 Å². The molecule has 0 bridgehead atoms. The Morgan fingerprint density at radius 3 is 2.25 bits per heavy atom. The minimum atomic E-state index is -0.742. The van der Waals surface area contributed by atoms with Gasteiger partial charge >= 0.3 is 0 Å². The lowest BCUT2D eigenvalue weighted by Crippen LogP contribution is -2.34. The van der Waals surface area contributed by atoms with Gasteiger partial charge in [0, 0.05) is 55.0 Å². The molecular weight excluding hydrogens is 226 g/mol. The predicted molar refractivity (Wildman–Crippen MR) is 68.1 cm³/mol. The van der Waals surface area contributed by atoms with Crippen molar-refractivity contribution in [2.75, 3.05) is 31.8 Å². The van der Waals surface area contributed by atoms with Gasteiger partial charge in [-0.3, -0.25) is 4.21 Å². The van der Waals surface area contributed by atoms with Gasteiger partial charge in [-0.05, 0) is 20.8 Å². The summed E-state index contributed by atoms with van der Waals surface area (Å²) in [5.74, 6) is 0.688. The maximum atomic E-state index is 11.0. The van der Waals surface area contributed by atoms with Crippen LogP contribution >= 0.6 is 0 Å². The minimum Gasteiger partial charge on any atom is -0.353 e. The number of hydrogen-bond donors (Lipinski definition) is 1. The van der Waals surface area contributed by atoms with Crippen LogP contribution in [0.3, 0.4) is 0 Å².